The first-order valence-electron chi connectivity index (χ1n) is 56.4. The van der Waals surface area contributed by atoms with E-state index in [0.717, 1.165) is 180 Å². The molecular formula is C114H184O26. The second-order valence-corrected chi connectivity index (χ2v) is 42.2. The first-order chi connectivity index (χ1) is 68.3. The van der Waals surface area contributed by atoms with Gasteiger partial charge in [0.05, 0.1) is 98.6 Å². The molecule has 796 valence electrons. The van der Waals surface area contributed by atoms with Crippen molar-refractivity contribution < 1.29 is 124 Å². The maximum atomic E-state index is 16.3. The van der Waals surface area contributed by atoms with Crippen molar-refractivity contribution in [1.82, 2.24) is 0 Å². The normalized spacial score (nSPS) is 28.7. The largest absolute Gasteiger partial charge is 0.463 e. The highest BCUT2D eigenvalue weighted by Gasteiger charge is 2.52. The Bertz CT molecular complexity index is 3310. The fourth-order valence-electron chi connectivity index (χ4n) is 23.1. The lowest BCUT2D eigenvalue weighted by Gasteiger charge is -2.48. The summed E-state index contributed by atoms with van der Waals surface area (Å²) in [5.41, 5.74) is 0. The van der Waals surface area contributed by atoms with E-state index in [-0.39, 0.29) is 122 Å². The molecule has 0 aromatic heterocycles. The Morgan fingerprint density at radius 3 is 0.643 bits per heavy atom. The predicted molar refractivity (Wildman–Crippen MR) is 535 cm³/mol. The van der Waals surface area contributed by atoms with Gasteiger partial charge in [-0.3, -0.25) is 28.8 Å². The smallest absolute Gasteiger partial charge is 0.330 e. The number of rotatable bonds is 68. The fourth-order valence-corrected chi connectivity index (χ4v) is 23.1. The van der Waals surface area contributed by atoms with Crippen LogP contribution in [0.3, 0.4) is 0 Å². The van der Waals surface area contributed by atoms with Crippen molar-refractivity contribution >= 4 is 59.7 Å². The number of carbonyl (C=O) groups is 10. The van der Waals surface area contributed by atoms with Crippen molar-refractivity contribution in [2.45, 2.75) is 485 Å². The van der Waals surface area contributed by atoms with Crippen LogP contribution in [0.4, 0.5) is 0 Å². The molecular weight excluding hydrogens is 1790 g/mol. The van der Waals surface area contributed by atoms with Gasteiger partial charge < -0.3 is 75.8 Å². The molecule has 26 heteroatoms. The van der Waals surface area contributed by atoms with Crippen LogP contribution in [0.1, 0.15) is 412 Å². The number of hydrogen-bond donors (Lipinski definition) is 0. The molecule has 10 atom stereocenters. The molecule has 0 N–H and O–H groups in total. The highest BCUT2D eigenvalue weighted by atomic mass is 16.6. The Labute approximate surface area is 840 Å². The molecule has 9 aliphatic carbocycles. The number of hydrogen-bond acceptors (Lipinski definition) is 26. The number of carbonyl (C=O) groups excluding carboxylic acids is 10. The van der Waals surface area contributed by atoms with Gasteiger partial charge in [0.15, 0.2) is 0 Å². The van der Waals surface area contributed by atoms with E-state index in [1.54, 1.807) is 0 Å². The van der Waals surface area contributed by atoms with Gasteiger partial charge in [0.2, 0.25) is 0 Å². The van der Waals surface area contributed by atoms with Crippen molar-refractivity contribution in [3.8, 4) is 0 Å². The fraction of sp³-hybridized carbons (Fsp3) is 0.842. The third kappa shape index (κ3) is 44.8. The molecule has 0 heterocycles. The molecule has 0 saturated heterocycles. The van der Waals surface area contributed by atoms with Crippen molar-refractivity contribution in [1.29, 1.82) is 0 Å². The Morgan fingerprint density at radius 1 is 0.207 bits per heavy atom. The molecule has 9 aliphatic rings. The molecule has 0 aromatic carbocycles. The molecule has 0 spiro atoms. The summed E-state index contributed by atoms with van der Waals surface area (Å²) in [6.45, 7) is 23.6. The van der Waals surface area contributed by atoms with Gasteiger partial charge in [-0.2, -0.15) is 0 Å². The third-order valence-electron chi connectivity index (χ3n) is 31.8. The van der Waals surface area contributed by atoms with Gasteiger partial charge >= 0.3 is 59.7 Å². The molecule has 0 bridgehead atoms. The zero-order valence-electron chi connectivity index (χ0n) is 86.4. The molecule has 0 aliphatic heterocycles. The van der Waals surface area contributed by atoms with Crippen LogP contribution in [0.15, 0.2) is 50.6 Å². The van der Waals surface area contributed by atoms with Gasteiger partial charge in [0, 0.05) is 88.6 Å². The first kappa shape index (κ1) is 117. The molecule has 26 nitrogen and oxygen atoms in total. The van der Waals surface area contributed by atoms with E-state index in [1.165, 1.54) is 88.5 Å². The second-order valence-electron chi connectivity index (χ2n) is 42.2. The van der Waals surface area contributed by atoms with Crippen molar-refractivity contribution in [2.75, 3.05) is 66.1 Å². The van der Waals surface area contributed by atoms with Gasteiger partial charge in [0.1, 0.15) is 36.6 Å². The van der Waals surface area contributed by atoms with Crippen LogP contribution in [-0.4, -0.2) is 199 Å². The van der Waals surface area contributed by atoms with E-state index in [4.69, 9.17) is 75.8 Å². The molecule has 10 unspecified atom stereocenters. The maximum Gasteiger partial charge on any atom is 0.330 e. The van der Waals surface area contributed by atoms with Crippen molar-refractivity contribution in [2.24, 2.45) is 59.2 Å². The summed E-state index contributed by atoms with van der Waals surface area (Å²) < 4.78 is 100. The van der Waals surface area contributed by atoms with Crippen molar-refractivity contribution in [3.05, 3.63) is 50.6 Å². The van der Waals surface area contributed by atoms with Gasteiger partial charge in [0.25, 0.3) is 0 Å². The minimum absolute atomic E-state index is 0.000840. The first-order valence-corrected chi connectivity index (χ1v) is 56.4. The predicted octanol–water partition coefficient (Wildman–Crippen LogP) is 23.2. The number of unbranched alkanes of at least 4 members (excludes halogenated alkanes) is 24. The lowest BCUT2D eigenvalue weighted by Crippen LogP contribution is -2.51. The van der Waals surface area contributed by atoms with E-state index in [9.17, 15) is 38.4 Å². The molecule has 0 radical (unpaired) electrons. The topological polar surface area (TPSA) is 318 Å². The van der Waals surface area contributed by atoms with E-state index in [2.05, 4.69) is 40.2 Å². The highest BCUT2D eigenvalue weighted by molar-refractivity contribution is 5.83. The van der Waals surface area contributed by atoms with Crippen LogP contribution < -0.4 is 0 Å². The quantitative estimate of drug-likeness (QED) is 0.0236. The maximum absolute atomic E-state index is 16.3. The SMILES string of the molecule is C=CC(=O)OCCCCCCOC1CCC(C(=O)OC2CCC(OC(=O)C3CCC(OCCCCCCOC(=O)C=C)CC3)C(C(=O)OC3CC(C4CCC(OCCCCCCCCC)CC4)C(OC(=O)C4CC(OC(=O)C5CCC(OCCCCCCOC(=O)C=C)CC5)CCC4OC(=O)C4CCC(OCCCCCCOC(=O)C=C)CC4)CC3C3CCC(OCCCCCCCCC)CC3)C2)CC1. The second kappa shape index (κ2) is 69.5. The molecule has 9 saturated carbocycles. The number of ether oxygens (including phenoxy) is 16. The zero-order valence-corrected chi connectivity index (χ0v) is 86.4. The minimum atomic E-state index is -0.961. The number of esters is 10. The lowest BCUT2D eigenvalue weighted by molar-refractivity contribution is -0.194. The monoisotopic (exact) mass is 1970 g/mol. The van der Waals surface area contributed by atoms with Crippen LogP contribution in [0.5, 0.6) is 0 Å². The van der Waals surface area contributed by atoms with Crippen LogP contribution >= 0.6 is 0 Å². The van der Waals surface area contributed by atoms with Crippen LogP contribution in [0, 0.1) is 59.2 Å². The minimum Gasteiger partial charge on any atom is -0.463 e. The van der Waals surface area contributed by atoms with E-state index in [1.807, 2.05) is 0 Å². The van der Waals surface area contributed by atoms with Crippen LogP contribution in [-0.2, 0) is 124 Å². The summed E-state index contributed by atoms with van der Waals surface area (Å²) in [4.78, 5) is 137. The molecule has 9 fully saturated rings. The highest BCUT2D eigenvalue weighted by Crippen LogP contribution is 2.50. The van der Waals surface area contributed by atoms with Crippen molar-refractivity contribution in [3.63, 3.8) is 0 Å². The van der Waals surface area contributed by atoms with E-state index < -0.39 is 96.1 Å². The Balaban J connectivity index is 0.947. The zero-order chi connectivity index (χ0) is 99.5. The van der Waals surface area contributed by atoms with Gasteiger partial charge in [-0.1, -0.05) is 143 Å². The summed E-state index contributed by atoms with van der Waals surface area (Å²) in [5, 5.41) is 0. The Morgan fingerprint density at radius 2 is 0.407 bits per heavy atom. The average Bonchev–Trinajstić information content (AvgIpc) is 0.770. The molecule has 0 amide bonds. The van der Waals surface area contributed by atoms with Crippen LogP contribution in [0.25, 0.3) is 0 Å². The third-order valence-corrected chi connectivity index (χ3v) is 31.8. The van der Waals surface area contributed by atoms with Gasteiger partial charge in [-0.05, 0) is 294 Å². The van der Waals surface area contributed by atoms with Gasteiger partial charge in [-0.25, -0.2) is 19.2 Å². The summed E-state index contributed by atoms with van der Waals surface area (Å²) in [6, 6.07) is 0. The van der Waals surface area contributed by atoms with Crippen LogP contribution in [0.2, 0.25) is 0 Å². The molecule has 140 heavy (non-hydrogen) atoms. The molecule has 0 aromatic rings. The summed E-state index contributed by atoms with van der Waals surface area (Å²) in [6.07, 6.45) is 50.4. The average molecular weight is 1970 g/mol. The van der Waals surface area contributed by atoms with E-state index >= 15 is 9.59 Å². The summed E-state index contributed by atoms with van der Waals surface area (Å²) >= 11 is 0. The Hall–Kier alpha value is -6.58. The Kier molecular flexibility index (Phi) is 58.1. The molecule has 9 rings (SSSR count). The van der Waals surface area contributed by atoms with E-state index in [0.29, 0.717) is 194 Å². The lowest BCUT2D eigenvalue weighted by atomic mass is 9.63. The van der Waals surface area contributed by atoms with Gasteiger partial charge in [-0.15, -0.1) is 0 Å². The summed E-state index contributed by atoms with van der Waals surface area (Å²) in [5.74, 6) is -7.78. The standard InChI is InChI=1S/C114H184O26/c1-7-13-15-17-19-21-31-69-125-89-53-41-83(42-54-89)97-81-104(140-114(124)100-80-96(136-110(120)86-47-59-92(60-48-86)128-72-34-24-28-38-76-132-106(116)10-4)66-68-102(100)138-112(122)88-51-63-94(64-52-88)130-74-36-26-30-40-78-134-108(118)12-6)98(84-43-55-90(56-44-84)126-70-32-22-20-18-16-14-8-2)82-103(97)139-113(123)99-79-95(135-109(119)85-45-57-91(58-46-85)127-71-33-23-27-37-75-131-105(115)9-3)65-67-101(99)137-111(121)87-49-61-93(62-50-87)129-73-35-25-29-39-77-133-107(117)11-5/h9-12,83-104H,3-8,13-82H2,1-2H3. The summed E-state index contributed by atoms with van der Waals surface area (Å²) in [7, 11) is 0.